The van der Waals surface area contributed by atoms with Gasteiger partial charge in [0, 0.05) is 26.3 Å². The Morgan fingerprint density at radius 2 is 2.07 bits per heavy atom. The molecule has 0 bridgehead atoms. The van der Waals surface area contributed by atoms with Gasteiger partial charge in [0.25, 0.3) is 0 Å². The van der Waals surface area contributed by atoms with Gasteiger partial charge in [0.1, 0.15) is 0 Å². The monoisotopic (exact) mass is 441 g/mol. The summed E-state index contributed by atoms with van der Waals surface area (Å²) in [6.45, 7) is 6.06. The minimum absolute atomic E-state index is 0.101. The fourth-order valence-electron chi connectivity index (χ4n) is 2.46. The Morgan fingerprint density at radius 3 is 2.69 bits per heavy atom. The largest absolute Gasteiger partial charge is 0.343 e. The predicted octanol–water partition coefficient (Wildman–Crippen LogP) is 2.05. The van der Waals surface area contributed by atoms with Crippen LogP contribution in [-0.2, 0) is 21.4 Å². The molecule has 0 saturated heterocycles. The number of thioether (sulfide) groups is 1. The molecule has 29 heavy (non-hydrogen) atoms. The Labute approximate surface area is 174 Å². The summed E-state index contributed by atoms with van der Waals surface area (Å²) in [5.41, 5.74) is 0.870. The molecular weight excluding hydrogens is 414 g/mol. The van der Waals surface area contributed by atoms with E-state index in [0.717, 1.165) is 22.7 Å². The number of carbonyl (C=O) groups excluding carboxylic acids is 1. The number of aryl methyl sites for hydroxylation is 1. The molecule has 0 radical (unpaired) electrons. The molecule has 0 aliphatic rings. The third kappa shape index (κ3) is 5.49. The molecule has 2 rings (SSSR count). The van der Waals surface area contributed by atoms with Crippen molar-refractivity contribution in [2.24, 2.45) is 0 Å². The van der Waals surface area contributed by atoms with Gasteiger partial charge in [0.15, 0.2) is 5.16 Å². The van der Waals surface area contributed by atoms with Gasteiger partial charge in [-0.15, -0.1) is 5.10 Å². The number of nitrogens with one attached hydrogen (secondary N) is 2. The van der Waals surface area contributed by atoms with E-state index in [9.17, 15) is 18.0 Å². The Kier molecular flexibility index (Phi) is 7.66. The van der Waals surface area contributed by atoms with Crippen molar-refractivity contribution >= 4 is 33.4 Å². The maximum Gasteiger partial charge on any atom is 0.343 e. The van der Waals surface area contributed by atoms with Crippen LogP contribution in [0.2, 0.25) is 0 Å². The highest BCUT2D eigenvalue weighted by Gasteiger charge is 2.22. The van der Waals surface area contributed by atoms with Crippen LogP contribution in [0.15, 0.2) is 33.0 Å². The standard InChI is InChI=1S/C18H27N5O4S2/c1-6-7-10-23-17(25)20-21-18(23)28-13(3)16(24)19-15-11-14(9-8-12(15)2)29(26,27)22(4)5/h8-9,11,13H,6-7,10H2,1-5H3,(H,19,24)(H,20,25). The molecule has 9 nitrogen and oxygen atoms in total. The van der Waals surface area contributed by atoms with Crippen LogP contribution in [0.4, 0.5) is 5.69 Å². The van der Waals surface area contributed by atoms with E-state index >= 15 is 0 Å². The van der Waals surface area contributed by atoms with Crippen molar-refractivity contribution in [1.29, 1.82) is 0 Å². The lowest BCUT2D eigenvalue weighted by molar-refractivity contribution is -0.115. The molecule has 2 aromatic rings. The van der Waals surface area contributed by atoms with Gasteiger partial charge in [0.2, 0.25) is 15.9 Å². The number of hydrogen-bond acceptors (Lipinski definition) is 6. The highest BCUT2D eigenvalue weighted by molar-refractivity contribution is 8.00. The second-order valence-electron chi connectivity index (χ2n) is 6.83. The molecule has 1 atom stereocenters. The van der Waals surface area contributed by atoms with Crippen molar-refractivity contribution in [3.63, 3.8) is 0 Å². The minimum Gasteiger partial charge on any atom is -0.325 e. The smallest absolute Gasteiger partial charge is 0.325 e. The fraction of sp³-hybridized carbons (Fsp3) is 0.500. The SMILES string of the molecule is CCCCn1c(SC(C)C(=O)Nc2cc(S(=O)(=O)N(C)C)ccc2C)n[nH]c1=O. The Morgan fingerprint density at radius 1 is 1.38 bits per heavy atom. The lowest BCUT2D eigenvalue weighted by Gasteiger charge is -2.16. The summed E-state index contributed by atoms with van der Waals surface area (Å²) in [5.74, 6) is -0.310. The van der Waals surface area contributed by atoms with Crippen molar-refractivity contribution in [3.8, 4) is 0 Å². The quantitative estimate of drug-likeness (QED) is 0.575. The van der Waals surface area contributed by atoms with Gasteiger partial charge in [-0.2, -0.15) is 0 Å². The number of hydrogen-bond donors (Lipinski definition) is 2. The van der Waals surface area contributed by atoms with Gasteiger partial charge in [-0.25, -0.2) is 22.6 Å². The molecule has 0 fully saturated rings. The fourth-order valence-corrected chi connectivity index (χ4v) is 4.27. The first-order chi connectivity index (χ1) is 13.6. The van der Waals surface area contributed by atoms with Gasteiger partial charge in [0.05, 0.1) is 10.1 Å². The lowest BCUT2D eigenvalue weighted by Crippen LogP contribution is -2.25. The number of aromatic amines is 1. The van der Waals surface area contributed by atoms with E-state index in [0.29, 0.717) is 17.4 Å². The van der Waals surface area contributed by atoms with E-state index in [1.807, 2.05) is 6.92 Å². The highest BCUT2D eigenvalue weighted by Crippen LogP contribution is 2.25. The molecule has 0 spiro atoms. The van der Waals surface area contributed by atoms with Crippen LogP contribution in [0.3, 0.4) is 0 Å². The van der Waals surface area contributed by atoms with Crippen molar-refractivity contribution in [2.75, 3.05) is 19.4 Å². The number of H-pyrrole nitrogens is 1. The average molecular weight is 442 g/mol. The van der Waals surface area contributed by atoms with E-state index in [-0.39, 0.29) is 16.5 Å². The topological polar surface area (TPSA) is 117 Å². The summed E-state index contributed by atoms with van der Waals surface area (Å²) < 4.78 is 27.3. The first-order valence-corrected chi connectivity index (χ1v) is 11.6. The molecule has 1 aromatic carbocycles. The second kappa shape index (κ2) is 9.59. The Hall–Kier alpha value is -2.11. The zero-order valence-electron chi connectivity index (χ0n) is 17.2. The maximum absolute atomic E-state index is 12.7. The number of nitrogens with zero attached hydrogens (tertiary/aromatic N) is 3. The number of carbonyl (C=O) groups is 1. The second-order valence-corrected chi connectivity index (χ2v) is 10.3. The van der Waals surface area contributed by atoms with Crippen molar-refractivity contribution < 1.29 is 13.2 Å². The molecule has 11 heteroatoms. The number of aromatic nitrogens is 3. The van der Waals surface area contributed by atoms with E-state index in [4.69, 9.17) is 0 Å². The summed E-state index contributed by atoms with van der Waals surface area (Å²) in [6.07, 6.45) is 1.77. The summed E-state index contributed by atoms with van der Waals surface area (Å²) in [6, 6.07) is 4.61. The molecule has 0 saturated carbocycles. The maximum atomic E-state index is 12.7. The van der Waals surface area contributed by atoms with Gasteiger partial charge >= 0.3 is 5.69 Å². The number of unbranched alkanes of at least 4 members (excludes halogenated alkanes) is 1. The van der Waals surface area contributed by atoms with Crippen molar-refractivity contribution in [3.05, 3.63) is 34.2 Å². The van der Waals surface area contributed by atoms with E-state index in [1.54, 1.807) is 19.9 Å². The van der Waals surface area contributed by atoms with Crippen LogP contribution in [0.5, 0.6) is 0 Å². The third-order valence-corrected chi connectivity index (χ3v) is 7.26. The van der Waals surface area contributed by atoms with Crippen LogP contribution < -0.4 is 11.0 Å². The molecule has 160 valence electrons. The Balaban J connectivity index is 2.17. The number of benzene rings is 1. The average Bonchev–Trinajstić information content (AvgIpc) is 3.00. The van der Waals surface area contributed by atoms with Gasteiger partial charge in [-0.05, 0) is 38.0 Å². The first kappa shape index (κ1) is 23.2. The molecule has 0 aliphatic carbocycles. The van der Waals surface area contributed by atoms with Gasteiger partial charge in [-0.3, -0.25) is 9.36 Å². The number of sulfonamides is 1. The van der Waals surface area contributed by atoms with Gasteiger partial charge in [-0.1, -0.05) is 31.2 Å². The summed E-state index contributed by atoms with van der Waals surface area (Å²) in [5, 5.41) is 9.11. The molecular formula is C18H27N5O4S2. The first-order valence-electron chi connectivity index (χ1n) is 9.23. The van der Waals surface area contributed by atoms with Crippen LogP contribution in [0, 0.1) is 6.92 Å². The molecule has 1 amide bonds. The molecule has 2 N–H and O–H groups in total. The van der Waals surface area contributed by atoms with Gasteiger partial charge < -0.3 is 5.32 Å². The highest BCUT2D eigenvalue weighted by atomic mass is 32.2. The normalized spacial score (nSPS) is 12.9. The Bertz CT molecular complexity index is 1030. The zero-order valence-corrected chi connectivity index (χ0v) is 18.9. The van der Waals surface area contributed by atoms with E-state index in [1.165, 1.54) is 42.6 Å². The summed E-state index contributed by atoms with van der Waals surface area (Å²) in [4.78, 5) is 24.7. The lowest BCUT2D eigenvalue weighted by atomic mass is 10.2. The van der Waals surface area contributed by atoms with Crippen LogP contribution in [0.1, 0.15) is 32.3 Å². The molecule has 1 aromatic heterocycles. The summed E-state index contributed by atoms with van der Waals surface area (Å²) >= 11 is 1.17. The molecule has 1 heterocycles. The van der Waals surface area contributed by atoms with Crippen LogP contribution in [0.25, 0.3) is 0 Å². The van der Waals surface area contributed by atoms with Crippen molar-refractivity contribution in [1.82, 2.24) is 19.1 Å². The van der Waals surface area contributed by atoms with E-state index in [2.05, 4.69) is 15.5 Å². The van der Waals surface area contributed by atoms with E-state index < -0.39 is 15.3 Å². The molecule has 1 unspecified atom stereocenters. The minimum atomic E-state index is -3.61. The van der Waals surface area contributed by atoms with Crippen molar-refractivity contribution in [2.45, 2.75) is 55.5 Å². The van der Waals surface area contributed by atoms with Crippen LogP contribution >= 0.6 is 11.8 Å². The number of anilines is 1. The summed E-state index contributed by atoms with van der Waals surface area (Å²) in [7, 11) is -0.703. The third-order valence-electron chi connectivity index (χ3n) is 4.36. The number of rotatable bonds is 9. The number of amides is 1. The predicted molar refractivity (Wildman–Crippen MR) is 114 cm³/mol. The van der Waals surface area contributed by atoms with Crippen LogP contribution in [-0.4, -0.2) is 52.7 Å². The molecule has 0 aliphatic heterocycles. The zero-order chi connectivity index (χ0) is 21.8.